The molecule has 1 fully saturated rings. The normalized spacial score (nSPS) is 17.7. The van der Waals surface area contributed by atoms with Crippen LogP contribution in [0.25, 0.3) is 0 Å². The van der Waals surface area contributed by atoms with E-state index < -0.39 is 12.1 Å². The number of halogens is 1. The third kappa shape index (κ3) is 3.14. The van der Waals surface area contributed by atoms with Crippen molar-refractivity contribution in [3.8, 4) is 0 Å². The molecular formula is C13H16ClN3O3. The summed E-state index contributed by atoms with van der Waals surface area (Å²) < 4.78 is 4.66. The number of amides is 2. The Kier molecular flexibility index (Phi) is 4.68. The molecule has 6 nitrogen and oxygen atoms in total. The predicted octanol–water partition coefficient (Wildman–Crippen LogP) is 2.01. The van der Waals surface area contributed by atoms with E-state index >= 15 is 0 Å². The van der Waals surface area contributed by atoms with Crippen molar-refractivity contribution in [2.24, 2.45) is 0 Å². The number of nitrogens with zero attached hydrogens (tertiary/aromatic N) is 1. The number of anilines is 1. The monoisotopic (exact) mass is 297 g/mol. The first kappa shape index (κ1) is 14.5. The number of carbonyl (C=O) groups excluding carboxylic acids is 2. The summed E-state index contributed by atoms with van der Waals surface area (Å²) in [4.78, 5) is 25.1. The Labute approximate surface area is 122 Å². The zero-order chi connectivity index (χ0) is 14.5. The molecule has 1 atom stereocenters. The molecule has 0 spiro atoms. The molecule has 1 aromatic carbocycles. The highest BCUT2D eigenvalue weighted by Crippen LogP contribution is 2.21. The third-order valence-corrected chi connectivity index (χ3v) is 3.49. The van der Waals surface area contributed by atoms with Crippen molar-refractivity contribution in [3.05, 3.63) is 29.3 Å². The van der Waals surface area contributed by atoms with Crippen LogP contribution in [0.5, 0.6) is 0 Å². The van der Waals surface area contributed by atoms with Gasteiger partial charge in [-0.25, -0.2) is 4.79 Å². The molecule has 1 unspecified atom stereocenters. The van der Waals surface area contributed by atoms with E-state index in [0.717, 1.165) is 6.42 Å². The summed E-state index contributed by atoms with van der Waals surface area (Å²) in [5, 5.41) is 0.504. The summed E-state index contributed by atoms with van der Waals surface area (Å²) in [6.45, 7) is 0.525. The van der Waals surface area contributed by atoms with Crippen LogP contribution in [-0.4, -0.2) is 36.6 Å². The summed E-state index contributed by atoms with van der Waals surface area (Å²) in [5.74, 6) is -0.284. The van der Waals surface area contributed by atoms with Gasteiger partial charge in [0.05, 0.1) is 17.8 Å². The minimum Gasteiger partial charge on any atom is -0.453 e. The van der Waals surface area contributed by atoms with Gasteiger partial charge in [-0.2, -0.15) is 0 Å². The fraction of sp³-hybridized carbons (Fsp3) is 0.385. The number of hydrogen-bond acceptors (Lipinski definition) is 4. The molecule has 0 aromatic heterocycles. The Morgan fingerprint density at radius 3 is 2.85 bits per heavy atom. The zero-order valence-corrected chi connectivity index (χ0v) is 11.8. The average molecular weight is 298 g/mol. The van der Waals surface area contributed by atoms with Crippen LogP contribution in [0, 0.1) is 0 Å². The maximum absolute atomic E-state index is 12.1. The number of methoxy groups -OCH3 is 1. The number of para-hydroxylation sites is 1. The number of nitrogens with one attached hydrogen (secondary N) is 2. The van der Waals surface area contributed by atoms with E-state index in [9.17, 15) is 9.59 Å². The predicted molar refractivity (Wildman–Crippen MR) is 75.4 cm³/mol. The van der Waals surface area contributed by atoms with Gasteiger partial charge in [-0.05, 0) is 25.0 Å². The van der Waals surface area contributed by atoms with Crippen molar-refractivity contribution in [1.29, 1.82) is 0 Å². The Balaban J connectivity index is 1.95. The SMILES string of the molecule is COC(=O)N1CCCC1C(=O)NNc1ccccc1Cl. The van der Waals surface area contributed by atoms with Gasteiger partial charge < -0.3 is 4.74 Å². The number of benzene rings is 1. The van der Waals surface area contributed by atoms with Crippen LogP contribution in [0.2, 0.25) is 5.02 Å². The van der Waals surface area contributed by atoms with Crippen LogP contribution in [-0.2, 0) is 9.53 Å². The molecule has 2 amide bonds. The summed E-state index contributed by atoms with van der Waals surface area (Å²) in [6.07, 6.45) is 0.908. The zero-order valence-electron chi connectivity index (χ0n) is 11.1. The Bertz CT molecular complexity index is 509. The smallest absolute Gasteiger partial charge is 0.410 e. The Morgan fingerprint density at radius 1 is 1.40 bits per heavy atom. The molecule has 0 saturated carbocycles. The van der Waals surface area contributed by atoms with Crippen molar-refractivity contribution in [3.63, 3.8) is 0 Å². The largest absolute Gasteiger partial charge is 0.453 e. The first-order valence-electron chi connectivity index (χ1n) is 6.28. The lowest BCUT2D eigenvalue weighted by Crippen LogP contribution is -2.47. The van der Waals surface area contributed by atoms with Crippen LogP contribution in [0.15, 0.2) is 24.3 Å². The quantitative estimate of drug-likeness (QED) is 0.837. The van der Waals surface area contributed by atoms with Crippen LogP contribution < -0.4 is 10.9 Å². The fourth-order valence-corrected chi connectivity index (χ4v) is 2.33. The lowest BCUT2D eigenvalue weighted by molar-refractivity contribution is -0.124. The summed E-state index contributed by atoms with van der Waals surface area (Å²) in [6, 6.07) is 6.54. The van der Waals surface area contributed by atoms with E-state index in [-0.39, 0.29) is 5.91 Å². The molecule has 20 heavy (non-hydrogen) atoms. The minimum absolute atomic E-state index is 0.284. The Morgan fingerprint density at radius 2 is 2.15 bits per heavy atom. The van der Waals surface area contributed by atoms with Gasteiger partial charge in [0, 0.05) is 6.54 Å². The van der Waals surface area contributed by atoms with Crippen molar-refractivity contribution in [2.45, 2.75) is 18.9 Å². The number of likely N-dealkylation sites (tertiary alicyclic amines) is 1. The van der Waals surface area contributed by atoms with Gasteiger partial charge in [0.25, 0.3) is 5.91 Å². The maximum atomic E-state index is 12.1. The molecule has 108 valence electrons. The van der Waals surface area contributed by atoms with Gasteiger partial charge in [0.1, 0.15) is 6.04 Å². The molecule has 0 aliphatic carbocycles. The first-order valence-corrected chi connectivity index (χ1v) is 6.66. The summed E-state index contributed by atoms with van der Waals surface area (Å²) >= 11 is 5.97. The second-order valence-corrected chi connectivity index (χ2v) is 4.82. The topological polar surface area (TPSA) is 70.7 Å². The van der Waals surface area contributed by atoms with Crippen LogP contribution in [0.3, 0.4) is 0 Å². The average Bonchev–Trinajstić information content (AvgIpc) is 2.94. The van der Waals surface area contributed by atoms with E-state index in [1.165, 1.54) is 12.0 Å². The van der Waals surface area contributed by atoms with Crippen molar-refractivity contribution >= 4 is 29.3 Å². The number of hydrazine groups is 1. The third-order valence-electron chi connectivity index (χ3n) is 3.16. The van der Waals surface area contributed by atoms with Crippen molar-refractivity contribution < 1.29 is 14.3 Å². The standard InChI is InChI=1S/C13H16ClN3O3/c1-20-13(19)17-8-4-7-11(17)12(18)16-15-10-6-3-2-5-9(10)14/h2-3,5-6,11,15H,4,7-8H2,1H3,(H,16,18). The lowest BCUT2D eigenvalue weighted by atomic mass is 10.2. The minimum atomic E-state index is -0.516. The van der Waals surface area contributed by atoms with E-state index in [1.54, 1.807) is 24.3 Å². The van der Waals surface area contributed by atoms with Gasteiger partial charge in [-0.15, -0.1) is 0 Å². The number of ether oxygens (including phenoxy) is 1. The highest BCUT2D eigenvalue weighted by atomic mass is 35.5. The van der Waals surface area contributed by atoms with E-state index in [1.807, 2.05) is 0 Å². The number of carbonyl (C=O) groups is 2. The molecule has 2 N–H and O–H groups in total. The number of rotatable bonds is 3. The van der Waals surface area contributed by atoms with Crippen LogP contribution in [0.1, 0.15) is 12.8 Å². The van der Waals surface area contributed by atoms with Gasteiger partial charge in [-0.1, -0.05) is 23.7 Å². The number of hydrogen-bond donors (Lipinski definition) is 2. The van der Waals surface area contributed by atoms with E-state index in [4.69, 9.17) is 11.6 Å². The Hall–Kier alpha value is -1.95. The van der Waals surface area contributed by atoms with Crippen LogP contribution in [0.4, 0.5) is 10.5 Å². The van der Waals surface area contributed by atoms with E-state index in [0.29, 0.717) is 23.7 Å². The van der Waals surface area contributed by atoms with Gasteiger partial charge >= 0.3 is 6.09 Å². The molecule has 0 bridgehead atoms. The fourth-order valence-electron chi connectivity index (χ4n) is 2.15. The molecule has 0 radical (unpaired) electrons. The van der Waals surface area contributed by atoms with Crippen molar-refractivity contribution in [1.82, 2.24) is 10.3 Å². The summed E-state index contributed by atoms with van der Waals surface area (Å²) in [5.41, 5.74) is 5.93. The maximum Gasteiger partial charge on any atom is 0.410 e. The second-order valence-electron chi connectivity index (χ2n) is 4.42. The highest BCUT2D eigenvalue weighted by molar-refractivity contribution is 6.33. The molecule has 1 aliphatic rings. The summed E-state index contributed by atoms with van der Waals surface area (Å²) in [7, 11) is 1.30. The molecule has 1 aromatic rings. The first-order chi connectivity index (χ1) is 9.63. The molecule has 2 rings (SSSR count). The van der Waals surface area contributed by atoms with Gasteiger partial charge in [-0.3, -0.25) is 20.5 Å². The molecule has 7 heteroatoms. The second kappa shape index (κ2) is 6.47. The highest BCUT2D eigenvalue weighted by Gasteiger charge is 2.34. The van der Waals surface area contributed by atoms with Crippen molar-refractivity contribution in [2.75, 3.05) is 19.1 Å². The molecule has 1 aliphatic heterocycles. The van der Waals surface area contributed by atoms with E-state index in [2.05, 4.69) is 15.6 Å². The molecule has 1 heterocycles. The van der Waals surface area contributed by atoms with Gasteiger partial charge in [0.2, 0.25) is 0 Å². The van der Waals surface area contributed by atoms with Crippen LogP contribution >= 0.6 is 11.6 Å². The van der Waals surface area contributed by atoms with Gasteiger partial charge in [0.15, 0.2) is 0 Å². The molecule has 1 saturated heterocycles. The molecular weight excluding hydrogens is 282 g/mol. The lowest BCUT2D eigenvalue weighted by Gasteiger charge is -2.22.